The molecular weight excluding hydrogens is 329 g/mol. The van der Waals surface area contributed by atoms with Crippen LogP contribution in [-0.2, 0) is 9.53 Å². The van der Waals surface area contributed by atoms with Gasteiger partial charge in [0.05, 0.1) is 6.61 Å². The fraction of sp³-hybridized carbons (Fsp3) is 0.895. The monoisotopic (exact) mass is 365 g/mol. The normalized spacial score (nSPS) is 12.6. The fourth-order valence-corrected chi connectivity index (χ4v) is 2.57. The summed E-state index contributed by atoms with van der Waals surface area (Å²) in [6, 6.07) is -1.06. The third-order valence-electron chi connectivity index (χ3n) is 4.06. The number of hydrogen-bond donors (Lipinski definition) is 1. The minimum absolute atomic E-state index is 0. The minimum Gasteiger partial charge on any atom is -0.862 e. The predicted octanol–water partition coefficient (Wildman–Crippen LogP) is 0.940. The van der Waals surface area contributed by atoms with Gasteiger partial charge < -0.3 is 14.9 Å². The largest absolute Gasteiger partial charge is 1.00 e. The molecule has 142 valence electrons. The van der Waals surface area contributed by atoms with Crippen LogP contribution in [0.4, 0.5) is 0 Å². The van der Waals surface area contributed by atoms with Crippen LogP contribution in [0.2, 0.25) is 0 Å². The van der Waals surface area contributed by atoms with Gasteiger partial charge in [0, 0.05) is 6.61 Å². The Labute approximate surface area is 175 Å². The Morgan fingerprint density at radius 2 is 1.44 bits per heavy atom. The summed E-state index contributed by atoms with van der Waals surface area (Å²) in [6.07, 6.45) is 13.8. The molecular formula is C19H36NNaO4. The molecule has 0 radical (unpaired) electrons. The van der Waals surface area contributed by atoms with E-state index in [9.17, 15) is 9.90 Å². The van der Waals surface area contributed by atoms with Crippen LogP contribution in [0.15, 0.2) is 4.99 Å². The van der Waals surface area contributed by atoms with Crippen LogP contribution < -0.4 is 34.7 Å². The molecule has 0 aromatic carbocycles. The molecule has 0 heterocycles. The Morgan fingerprint density at radius 3 is 1.88 bits per heavy atom. The zero-order chi connectivity index (χ0) is 18.0. The molecule has 0 bridgehead atoms. The molecule has 0 rings (SSSR count). The number of unbranched alkanes of at least 4 members (excludes halogenated alkanes) is 10. The maximum Gasteiger partial charge on any atom is 1.00 e. The number of hydrogen-bond acceptors (Lipinski definition) is 4. The van der Waals surface area contributed by atoms with Crippen molar-refractivity contribution in [2.75, 3.05) is 13.2 Å². The van der Waals surface area contributed by atoms with Crippen molar-refractivity contribution in [1.82, 2.24) is 0 Å². The second-order valence-corrected chi connectivity index (χ2v) is 6.32. The van der Waals surface area contributed by atoms with E-state index < -0.39 is 12.0 Å². The number of rotatable bonds is 17. The van der Waals surface area contributed by atoms with E-state index in [0.29, 0.717) is 13.0 Å². The zero-order valence-electron chi connectivity index (χ0n) is 16.6. The Hall–Kier alpha value is -0.100. The SMILES string of the molecule is CCCCCCCCCCCCCC([O-])=NC(COCC)C(=O)O.[Na+]. The van der Waals surface area contributed by atoms with Crippen LogP contribution in [0.1, 0.15) is 90.9 Å². The molecule has 0 fully saturated rings. The van der Waals surface area contributed by atoms with Crippen molar-refractivity contribution >= 4 is 11.9 Å². The second-order valence-electron chi connectivity index (χ2n) is 6.32. The standard InChI is InChI=1S/C19H37NO4.Na/c1-3-5-6-7-8-9-10-11-12-13-14-15-18(21)20-17(19(22)23)16-24-4-2;/h17H,3-16H2,1-2H3,(H,20,21)(H,22,23);/q;+1/p-1. The number of aliphatic carboxylic acids is 1. The summed E-state index contributed by atoms with van der Waals surface area (Å²) in [7, 11) is 0. The summed E-state index contributed by atoms with van der Waals surface area (Å²) in [5, 5.41) is 20.7. The third-order valence-corrected chi connectivity index (χ3v) is 4.06. The van der Waals surface area contributed by atoms with Gasteiger partial charge in [-0.2, -0.15) is 0 Å². The Morgan fingerprint density at radius 1 is 0.960 bits per heavy atom. The quantitative estimate of drug-likeness (QED) is 0.180. The number of carboxylic acids is 1. The molecule has 0 aromatic heterocycles. The van der Waals surface area contributed by atoms with Crippen molar-refractivity contribution in [2.45, 2.75) is 96.9 Å². The van der Waals surface area contributed by atoms with E-state index in [2.05, 4.69) is 11.9 Å². The second kappa shape index (κ2) is 20.2. The first-order valence-corrected chi connectivity index (χ1v) is 9.66. The van der Waals surface area contributed by atoms with Crippen LogP contribution in [0.5, 0.6) is 0 Å². The van der Waals surface area contributed by atoms with E-state index in [0.717, 1.165) is 19.3 Å². The third kappa shape index (κ3) is 18.5. The summed E-state index contributed by atoms with van der Waals surface area (Å²) < 4.78 is 5.04. The van der Waals surface area contributed by atoms with Crippen LogP contribution in [0.25, 0.3) is 0 Å². The van der Waals surface area contributed by atoms with E-state index in [1.165, 1.54) is 51.4 Å². The van der Waals surface area contributed by atoms with Gasteiger partial charge in [-0.05, 0) is 25.7 Å². The molecule has 1 unspecified atom stereocenters. The van der Waals surface area contributed by atoms with E-state index in [-0.39, 0.29) is 42.1 Å². The van der Waals surface area contributed by atoms with E-state index in [1.54, 1.807) is 6.92 Å². The van der Waals surface area contributed by atoms with Crippen LogP contribution in [-0.4, -0.2) is 36.2 Å². The van der Waals surface area contributed by atoms with Gasteiger partial charge in [-0.15, -0.1) is 0 Å². The number of nitrogens with zero attached hydrogens (tertiary/aromatic N) is 1. The van der Waals surface area contributed by atoms with Crippen molar-refractivity contribution in [2.24, 2.45) is 4.99 Å². The summed E-state index contributed by atoms with van der Waals surface area (Å²) in [6.45, 7) is 4.41. The van der Waals surface area contributed by atoms with Crippen molar-refractivity contribution in [3.05, 3.63) is 0 Å². The first-order chi connectivity index (χ1) is 11.6. The van der Waals surface area contributed by atoms with Crippen molar-refractivity contribution in [3.8, 4) is 0 Å². The fourth-order valence-electron chi connectivity index (χ4n) is 2.57. The van der Waals surface area contributed by atoms with E-state index in [4.69, 9.17) is 9.84 Å². The zero-order valence-corrected chi connectivity index (χ0v) is 18.6. The first kappa shape index (κ1) is 27.1. The van der Waals surface area contributed by atoms with Crippen molar-refractivity contribution < 1.29 is 49.3 Å². The maximum absolute atomic E-state index is 11.7. The Bertz CT molecular complexity index is 337. The van der Waals surface area contributed by atoms with Crippen molar-refractivity contribution in [1.29, 1.82) is 0 Å². The molecule has 0 saturated carbocycles. The summed E-state index contributed by atoms with van der Waals surface area (Å²) in [5.41, 5.74) is 0. The predicted molar refractivity (Wildman–Crippen MR) is 96.4 cm³/mol. The van der Waals surface area contributed by atoms with Gasteiger partial charge in [-0.1, -0.05) is 71.1 Å². The number of carboxylic acid groups (broad SMARTS) is 1. The molecule has 0 saturated heterocycles. The first-order valence-electron chi connectivity index (χ1n) is 9.66. The molecule has 0 aliphatic carbocycles. The number of carbonyl (C=O) groups is 1. The summed E-state index contributed by atoms with van der Waals surface area (Å²) in [4.78, 5) is 14.7. The molecule has 25 heavy (non-hydrogen) atoms. The molecule has 0 aliphatic rings. The van der Waals surface area contributed by atoms with Crippen LogP contribution >= 0.6 is 0 Å². The summed E-state index contributed by atoms with van der Waals surface area (Å²) >= 11 is 0. The van der Waals surface area contributed by atoms with Gasteiger partial charge in [0.1, 0.15) is 0 Å². The van der Waals surface area contributed by atoms with Gasteiger partial charge in [0.25, 0.3) is 0 Å². The molecule has 0 aliphatic heterocycles. The summed E-state index contributed by atoms with van der Waals surface area (Å²) in [5.74, 6) is -1.42. The van der Waals surface area contributed by atoms with E-state index >= 15 is 0 Å². The molecule has 5 nitrogen and oxygen atoms in total. The minimum atomic E-state index is -1.10. The Kier molecular flexibility index (Phi) is 21.9. The molecule has 0 amide bonds. The average molecular weight is 365 g/mol. The molecule has 1 N–H and O–H groups in total. The molecule has 1 atom stereocenters. The van der Waals surface area contributed by atoms with Gasteiger partial charge >= 0.3 is 35.5 Å². The number of aliphatic imine (C=N–C) groups is 1. The molecule has 0 spiro atoms. The maximum atomic E-state index is 11.7. The van der Waals surface area contributed by atoms with Crippen LogP contribution in [0.3, 0.4) is 0 Å². The van der Waals surface area contributed by atoms with Crippen molar-refractivity contribution in [3.63, 3.8) is 0 Å². The smallest absolute Gasteiger partial charge is 0.862 e. The van der Waals surface area contributed by atoms with Gasteiger partial charge in [-0.25, -0.2) is 4.79 Å². The average Bonchev–Trinajstić information content (AvgIpc) is 2.56. The van der Waals surface area contributed by atoms with Gasteiger partial charge in [-0.3, -0.25) is 4.99 Å². The topological polar surface area (TPSA) is 82.0 Å². The van der Waals surface area contributed by atoms with Crippen LogP contribution in [0, 0.1) is 0 Å². The number of ether oxygens (including phenoxy) is 1. The van der Waals surface area contributed by atoms with Gasteiger partial charge in [0.15, 0.2) is 6.04 Å². The molecule has 0 aromatic rings. The van der Waals surface area contributed by atoms with Gasteiger partial charge in [0.2, 0.25) is 0 Å². The molecule has 6 heteroatoms. The Balaban J connectivity index is 0. The van der Waals surface area contributed by atoms with E-state index in [1.807, 2.05) is 0 Å².